The van der Waals surface area contributed by atoms with E-state index in [9.17, 15) is 5.26 Å². The van der Waals surface area contributed by atoms with Crippen LogP contribution in [0.25, 0.3) is 0 Å². The Balaban J connectivity index is 2.46. The first kappa shape index (κ1) is 15.8. The molecule has 2 aromatic rings. The van der Waals surface area contributed by atoms with Crippen LogP contribution in [0.2, 0.25) is 0 Å². The third-order valence-electron chi connectivity index (χ3n) is 3.94. The van der Waals surface area contributed by atoms with Crippen molar-refractivity contribution in [1.82, 2.24) is 9.55 Å². The van der Waals surface area contributed by atoms with Crippen LogP contribution in [0.4, 0.5) is 0 Å². The van der Waals surface area contributed by atoms with Crippen molar-refractivity contribution in [1.29, 1.82) is 10.5 Å². The lowest BCUT2D eigenvalue weighted by atomic mass is 9.84. The van der Waals surface area contributed by atoms with E-state index in [0.717, 1.165) is 0 Å². The summed E-state index contributed by atoms with van der Waals surface area (Å²) in [5.41, 5.74) is 5.48. The number of hydrogen-bond acceptors (Lipinski definition) is 3. The predicted molar refractivity (Wildman–Crippen MR) is 85.4 cm³/mol. The SMILES string of the molecule is Cc1cc(C(C)(C)C)cc(C)c1Cn1cnc(C#N)c1C#N. The van der Waals surface area contributed by atoms with Gasteiger partial charge in [0, 0.05) is 0 Å². The molecule has 0 amide bonds. The van der Waals surface area contributed by atoms with E-state index in [1.807, 2.05) is 6.07 Å². The minimum Gasteiger partial charge on any atom is -0.317 e. The van der Waals surface area contributed by atoms with Gasteiger partial charge in [-0.2, -0.15) is 10.5 Å². The Morgan fingerprint density at radius 1 is 1.09 bits per heavy atom. The number of rotatable bonds is 2. The molecule has 0 saturated heterocycles. The largest absolute Gasteiger partial charge is 0.317 e. The minimum absolute atomic E-state index is 0.106. The highest BCUT2D eigenvalue weighted by atomic mass is 15.1. The third kappa shape index (κ3) is 2.87. The van der Waals surface area contributed by atoms with E-state index in [-0.39, 0.29) is 11.1 Å². The molecule has 4 nitrogen and oxygen atoms in total. The Morgan fingerprint density at radius 3 is 2.14 bits per heavy atom. The zero-order valence-electron chi connectivity index (χ0n) is 13.7. The molecule has 0 N–H and O–H groups in total. The fraction of sp³-hybridized carbons (Fsp3) is 0.389. The van der Waals surface area contributed by atoms with Crippen molar-refractivity contribution in [3.8, 4) is 12.1 Å². The fourth-order valence-electron chi connectivity index (χ4n) is 2.55. The van der Waals surface area contributed by atoms with Gasteiger partial charge in [0.1, 0.15) is 12.1 Å². The lowest BCUT2D eigenvalue weighted by Crippen LogP contribution is -2.13. The monoisotopic (exact) mass is 292 g/mol. The maximum Gasteiger partial charge on any atom is 0.176 e. The van der Waals surface area contributed by atoms with Crippen LogP contribution in [-0.2, 0) is 12.0 Å². The summed E-state index contributed by atoms with van der Waals surface area (Å²) in [6.45, 7) is 11.3. The van der Waals surface area contributed by atoms with Crippen LogP contribution in [-0.4, -0.2) is 9.55 Å². The average Bonchev–Trinajstić information content (AvgIpc) is 2.83. The maximum absolute atomic E-state index is 9.22. The van der Waals surface area contributed by atoms with E-state index in [2.05, 4.69) is 57.8 Å². The van der Waals surface area contributed by atoms with E-state index in [0.29, 0.717) is 12.2 Å². The Morgan fingerprint density at radius 2 is 1.68 bits per heavy atom. The second-order valence-electron chi connectivity index (χ2n) is 6.63. The van der Waals surface area contributed by atoms with Crippen molar-refractivity contribution >= 4 is 0 Å². The molecular formula is C18H20N4. The summed E-state index contributed by atoms with van der Waals surface area (Å²) in [7, 11) is 0. The molecule has 1 aromatic heterocycles. The average molecular weight is 292 g/mol. The zero-order chi connectivity index (χ0) is 16.5. The van der Waals surface area contributed by atoms with Gasteiger partial charge in [-0.15, -0.1) is 0 Å². The van der Waals surface area contributed by atoms with Crippen LogP contribution in [0.1, 0.15) is 54.4 Å². The molecule has 0 unspecified atom stereocenters. The lowest BCUT2D eigenvalue weighted by Gasteiger charge is -2.22. The highest BCUT2D eigenvalue weighted by molar-refractivity contribution is 5.42. The number of hydrogen-bond donors (Lipinski definition) is 0. The first-order valence-corrected chi connectivity index (χ1v) is 7.24. The number of aryl methyl sites for hydroxylation is 2. The van der Waals surface area contributed by atoms with E-state index < -0.39 is 0 Å². The second kappa shape index (κ2) is 5.66. The van der Waals surface area contributed by atoms with Crippen LogP contribution in [0.15, 0.2) is 18.5 Å². The van der Waals surface area contributed by atoms with Gasteiger partial charge in [-0.05, 0) is 41.5 Å². The van der Waals surface area contributed by atoms with Crippen molar-refractivity contribution in [3.05, 3.63) is 52.1 Å². The second-order valence-corrected chi connectivity index (χ2v) is 6.63. The highest BCUT2D eigenvalue weighted by Gasteiger charge is 2.17. The van der Waals surface area contributed by atoms with Gasteiger partial charge in [0.05, 0.1) is 12.9 Å². The Kier molecular flexibility index (Phi) is 4.06. The Bertz CT molecular complexity index is 769. The van der Waals surface area contributed by atoms with Gasteiger partial charge in [0.2, 0.25) is 0 Å². The molecule has 1 aromatic carbocycles. The number of nitrogens with zero attached hydrogens (tertiary/aromatic N) is 4. The topological polar surface area (TPSA) is 65.4 Å². The molecule has 112 valence electrons. The quantitative estimate of drug-likeness (QED) is 0.849. The van der Waals surface area contributed by atoms with Crippen LogP contribution >= 0.6 is 0 Å². The van der Waals surface area contributed by atoms with Gasteiger partial charge in [-0.3, -0.25) is 0 Å². The molecule has 4 heteroatoms. The van der Waals surface area contributed by atoms with E-state index in [4.69, 9.17) is 5.26 Å². The molecule has 1 heterocycles. The molecule has 0 atom stereocenters. The molecule has 0 bridgehead atoms. The van der Waals surface area contributed by atoms with Crippen molar-refractivity contribution < 1.29 is 0 Å². The van der Waals surface area contributed by atoms with Gasteiger partial charge in [0.15, 0.2) is 11.4 Å². The summed E-state index contributed by atoms with van der Waals surface area (Å²) in [5.74, 6) is 0. The van der Waals surface area contributed by atoms with Crippen LogP contribution in [0.5, 0.6) is 0 Å². The number of benzene rings is 1. The summed E-state index contributed by atoms with van der Waals surface area (Å²) in [5, 5.41) is 18.2. The number of imidazole rings is 1. The Labute approximate surface area is 131 Å². The van der Waals surface area contributed by atoms with Crippen molar-refractivity contribution in [2.45, 2.75) is 46.6 Å². The molecule has 0 aliphatic heterocycles. The molecule has 0 aliphatic rings. The molecule has 0 saturated carbocycles. The fourth-order valence-corrected chi connectivity index (χ4v) is 2.55. The number of nitriles is 2. The normalized spacial score (nSPS) is 11.0. The summed E-state index contributed by atoms with van der Waals surface area (Å²) >= 11 is 0. The van der Waals surface area contributed by atoms with Crippen molar-refractivity contribution in [3.63, 3.8) is 0 Å². The zero-order valence-corrected chi connectivity index (χ0v) is 13.7. The van der Waals surface area contributed by atoms with Crippen molar-refractivity contribution in [2.24, 2.45) is 0 Å². The van der Waals surface area contributed by atoms with Gasteiger partial charge < -0.3 is 4.57 Å². The molecule has 0 fully saturated rings. The van der Waals surface area contributed by atoms with E-state index in [1.54, 1.807) is 10.9 Å². The van der Waals surface area contributed by atoms with E-state index >= 15 is 0 Å². The maximum atomic E-state index is 9.22. The third-order valence-corrected chi connectivity index (χ3v) is 3.94. The molecule has 0 spiro atoms. The summed E-state index contributed by atoms with van der Waals surface area (Å²) in [6, 6.07) is 8.43. The minimum atomic E-state index is 0.106. The van der Waals surface area contributed by atoms with Crippen LogP contribution in [0, 0.1) is 36.5 Å². The standard InChI is InChI=1S/C18H20N4/c1-12-6-14(18(3,4)5)7-13(2)15(12)10-22-11-21-16(8-19)17(22)9-20/h6-7,11H,10H2,1-5H3. The van der Waals surface area contributed by atoms with Crippen LogP contribution in [0.3, 0.4) is 0 Å². The predicted octanol–water partition coefficient (Wildman–Crippen LogP) is 3.59. The van der Waals surface area contributed by atoms with E-state index in [1.165, 1.54) is 22.3 Å². The summed E-state index contributed by atoms with van der Waals surface area (Å²) in [4.78, 5) is 4.00. The molecule has 2 rings (SSSR count). The highest BCUT2D eigenvalue weighted by Crippen LogP contribution is 2.27. The Hall–Kier alpha value is -2.59. The molecule has 0 radical (unpaired) electrons. The van der Waals surface area contributed by atoms with Gasteiger partial charge in [0.25, 0.3) is 0 Å². The molecule has 0 aliphatic carbocycles. The van der Waals surface area contributed by atoms with Crippen molar-refractivity contribution in [2.75, 3.05) is 0 Å². The summed E-state index contributed by atoms with van der Waals surface area (Å²) < 4.78 is 1.74. The van der Waals surface area contributed by atoms with Gasteiger partial charge in [-0.1, -0.05) is 32.9 Å². The molecular weight excluding hydrogens is 272 g/mol. The van der Waals surface area contributed by atoms with Gasteiger partial charge in [-0.25, -0.2) is 4.98 Å². The first-order chi connectivity index (χ1) is 10.3. The first-order valence-electron chi connectivity index (χ1n) is 7.24. The lowest BCUT2D eigenvalue weighted by molar-refractivity contribution is 0.588. The van der Waals surface area contributed by atoms with Crippen LogP contribution < -0.4 is 0 Å². The molecule has 22 heavy (non-hydrogen) atoms. The summed E-state index contributed by atoms with van der Waals surface area (Å²) in [6.07, 6.45) is 1.56. The van der Waals surface area contributed by atoms with Gasteiger partial charge >= 0.3 is 0 Å². The number of aromatic nitrogens is 2. The smallest absolute Gasteiger partial charge is 0.176 e.